The molecule has 0 aliphatic carbocycles. The second-order valence-electron chi connectivity index (χ2n) is 5.90. The zero-order valence-electron chi connectivity index (χ0n) is 12.7. The maximum absolute atomic E-state index is 12.2. The van der Waals surface area contributed by atoms with E-state index in [9.17, 15) is 4.79 Å². The standard InChI is InChI=1S/C16H21BrN2O3/c1-12-2-3-13(10-14(12)17)18-15(20)11-19-6-4-16(5-7-19)21-8-9-22-16/h2-3,10H,4-9,11H2,1H3,(H,18,20). The molecule has 5 nitrogen and oxygen atoms in total. The van der Waals surface area contributed by atoms with Crippen LogP contribution in [0.5, 0.6) is 0 Å². The summed E-state index contributed by atoms with van der Waals surface area (Å²) in [6, 6.07) is 5.83. The lowest BCUT2D eigenvalue weighted by Crippen LogP contribution is -2.47. The van der Waals surface area contributed by atoms with Gasteiger partial charge in [0.1, 0.15) is 0 Å². The Kier molecular flexibility index (Phi) is 4.82. The molecule has 22 heavy (non-hydrogen) atoms. The Hall–Kier alpha value is -0.950. The SMILES string of the molecule is Cc1ccc(NC(=O)CN2CCC3(CC2)OCCO3)cc1Br. The minimum Gasteiger partial charge on any atom is -0.347 e. The first-order valence-electron chi connectivity index (χ1n) is 7.63. The maximum atomic E-state index is 12.2. The molecule has 0 unspecified atom stereocenters. The molecule has 1 amide bonds. The molecule has 0 aromatic heterocycles. The first-order valence-corrected chi connectivity index (χ1v) is 8.42. The van der Waals surface area contributed by atoms with Crippen LogP contribution in [0.25, 0.3) is 0 Å². The van der Waals surface area contributed by atoms with Gasteiger partial charge in [-0.3, -0.25) is 9.69 Å². The van der Waals surface area contributed by atoms with Gasteiger partial charge in [-0.05, 0) is 24.6 Å². The van der Waals surface area contributed by atoms with Crippen LogP contribution in [0.2, 0.25) is 0 Å². The van der Waals surface area contributed by atoms with E-state index in [2.05, 4.69) is 26.1 Å². The van der Waals surface area contributed by atoms with Gasteiger partial charge in [-0.15, -0.1) is 0 Å². The number of carbonyl (C=O) groups is 1. The molecule has 2 fully saturated rings. The Morgan fingerprint density at radius 1 is 1.32 bits per heavy atom. The van der Waals surface area contributed by atoms with E-state index < -0.39 is 0 Å². The number of nitrogens with zero attached hydrogens (tertiary/aromatic N) is 1. The van der Waals surface area contributed by atoms with Gasteiger partial charge in [-0.25, -0.2) is 0 Å². The Morgan fingerprint density at radius 3 is 2.64 bits per heavy atom. The van der Waals surface area contributed by atoms with Crippen LogP contribution < -0.4 is 5.32 Å². The summed E-state index contributed by atoms with van der Waals surface area (Å²) in [7, 11) is 0. The van der Waals surface area contributed by atoms with Crippen LogP contribution in [0.4, 0.5) is 5.69 Å². The number of piperidine rings is 1. The van der Waals surface area contributed by atoms with Crippen molar-refractivity contribution in [2.24, 2.45) is 0 Å². The second kappa shape index (κ2) is 6.66. The van der Waals surface area contributed by atoms with Gasteiger partial charge >= 0.3 is 0 Å². The maximum Gasteiger partial charge on any atom is 0.238 e. The van der Waals surface area contributed by atoms with Gasteiger partial charge in [0.15, 0.2) is 5.79 Å². The number of benzene rings is 1. The summed E-state index contributed by atoms with van der Waals surface area (Å²) < 4.78 is 12.4. The van der Waals surface area contributed by atoms with Crippen LogP contribution in [-0.4, -0.2) is 49.4 Å². The van der Waals surface area contributed by atoms with E-state index >= 15 is 0 Å². The monoisotopic (exact) mass is 368 g/mol. The summed E-state index contributed by atoms with van der Waals surface area (Å²) in [5, 5.41) is 2.95. The molecule has 1 aromatic carbocycles. The fourth-order valence-corrected chi connectivity index (χ4v) is 3.29. The lowest BCUT2D eigenvalue weighted by atomic mass is 10.0. The van der Waals surface area contributed by atoms with E-state index in [1.54, 1.807) is 0 Å². The van der Waals surface area contributed by atoms with Gasteiger partial charge in [0.25, 0.3) is 0 Å². The molecule has 1 N–H and O–H groups in total. The summed E-state index contributed by atoms with van der Waals surface area (Å²) >= 11 is 3.48. The summed E-state index contributed by atoms with van der Waals surface area (Å²) in [6.45, 7) is 5.44. The van der Waals surface area contributed by atoms with Crippen molar-refractivity contribution in [1.29, 1.82) is 0 Å². The minimum absolute atomic E-state index is 0.0139. The molecule has 2 aliphatic heterocycles. The highest BCUT2D eigenvalue weighted by molar-refractivity contribution is 9.10. The average molecular weight is 369 g/mol. The summed E-state index contributed by atoms with van der Waals surface area (Å²) in [4.78, 5) is 14.3. The fraction of sp³-hybridized carbons (Fsp3) is 0.562. The van der Waals surface area contributed by atoms with Crippen molar-refractivity contribution in [3.63, 3.8) is 0 Å². The van der Waals surface area contributed by atoms with Crippen LogP contribution in [0.3, 0.4) is 0 Å². The second-order valence-corrected chi connectivity index (χ2v) is 6.75. The minimum atomic E-state index is -0.380. The lowest BCUT2D eigenvalue weighted by molar-refractivity contribution is -0.185. The number of rotatable bonds is 3. The number of halogens is 1. The first-order chi connectivity index (χ1) is 10.6. The third-order valence-corrected chi connectivity index (χ3v) is 5.11. The molecule has 0 atom stereocenters. The Bertz CT molecular complexity index is 548. The van der Waals surface area contributed by atoms with Crippen molar-refractivity contribution >= 4 is 27.5 Å². The smallest absolute Gasteiger partial charge is 0.238 e. The van der Waals surface area contributed by atoms with Crippen molar-refractivity contribution in [2.45, 2.75) is 25.6 Å². The largest absolute Gasteiger partial charge is 0.347 e. The molecule has 2 aliphatic rings. The van der Waals surface area contributed by atoms with Gasteiger partial charge in [0.05, 0.1) is 19.8 Å². The predicted octanol–water partition coefficient (Wildman–Crippen LogP) is 2.53. The predicted molar refractivity (Wildman–Crippen MR) is 87.8 cm³/mol. The number of carbonyl (C=O) groups excluding carboxylic acids is 1. The zero-order valence-corrected chi connectivity index (χ0v) is 14.3. The lowest BCUT2D eigenvalue weighted by Gasteiger charge is -2.37. The number of hydrogen-bond acceptors (Lipinski definition) is 4. The molecule has 120 valence electrons. The zero-order chi connectivity index (χ0) is 15.6. The molecule has 0 bridgehead atoms. The van der Waals surface area contributed by atoms with Crippen molar-refractivity contribution in [2.75, 3.05) is 38.2 Å². The fourth-order valence-electron chi connectivity index (χ4n) is 2.91. The number of nitrogens with one attached hydrogen (secondary N) is 1. The van der Waals surface area contributed by atoms with Gasteiger partial charge in [0.2, 0.25) is 5.91 Å². The molecule has 1 spiro atoms. The molecule has 1 aromatic rings. The molecular weight excluding hydrogens is 348 g/mol. The van der Waals surface area contributed by atoms with Gasteiger partial charge in [-0.1, -0.05) is 22.0 Å². The highest BCUT2D eigenvalue weighted by Crippen LogP contribution is 2.31. The summed E-state index contributed by atoms with van der Waals surface area (Å²) in [5.41, 5.74) is 1.97. The number of amides is 1. The van der Waals surface area contributed by atoms with E-state index in [-0.39, 0.29) is 11.7 Å². The highest BCUT2D eigenvalue weighted by atomic mass is 79.9. The van der Waals surface area contributed by atoms with Crippen molar-refractivity contribution in [1.82, 2.24) is 4.90 Å². The van der Waals surface area contributed by atoms with Crippen molar-refractivity contribution < 1.29 is 14.3 Å². The van der Waals surface area contributed by atoms with Gasteiger partial charge < -0.3 is 14.8 Å². The number of hydrogen-bond donors (Lipinski definition) is 1. The Morgan fingerprint density at radius 2 is 2.00 bits per heavy atom. The van der Waals surface area contributed by atoms with Gasteiger partial charge in [0, 0.05) is 36.1 Å². The van der Waals surface area contributed by atoms with Crippen LogP contribution in [-0.2, 0) is 14.3 Å². The van der Waals surface area contributed by atoms with Crippen molar-refractivity contribution in [3.05, 3.63) is 28.2 Å². The van der Waals surface area contributed by atoms with E-state index in [1.807, 2.05) is 25.1 Å². The van der Waals surface area contributed by atoms with Crippen LogP contribution in [0, 0.1) is 6.92 Å². The number of ether oxygens (including phenoxy) is 2. The molecule has 2 heterocycles. The van der Waals surface area contributed by atoms with Crippen LogP contribution in [0.1, 0.15) is 18.4 Å². The number of anilines is 1. The normalized spacial score (nSPS) is 21.2. The van der Waals surface area contributed by atoms with E-state index in [4.69, 9.17) is 9.47 Å². The van der Waals surface area contributed by atoms with Crippen molar-refractivity contribution in [3.8, 4) is 0 Å². The van der Waals surface area contributed by atoms with E-state index in [0.717, 1.165) is 41.7 Å². The van der Waals surface area contributed by atoms with Crippen LogP contribution in [0.15, 0.2) is 22.7 Å². The summed E-state index contributed by atoms with van der Waals surface area (Å²) in [5.74, 6) is -0.366. The number of likely N-dealkylation sites (tertiary alicyclic amines) is 1. The third-order valence-electron chi connectivity index (χ3n) is 4.25. The topological polar surface area (TPSA) is 50.8 Å². The first kappa shape index (κ1) is 15.9. The van der Waals surface area contributed by atoms with E-state index in [1.165, 1.54) is 0 Å². The Balaban J connectivity index is 1.49. The Labute approximate surface area is 139 Å². The molecule has 6 heteroatoms. The molecule has 3 rings (SSSR count). The number of aryl methyl sites for hydroxylation is 1. The quantitative estimate of drug-likeness (QED) is 0.890. The summed E-state index contributed by atoms with van der Waals surface area (Å²) in [6.07, 6.45) is 1.66. The molecule has 2 saturated heterocycles. The van der Waals surface area contributed by atoms with E-state index in [0.29, 0.717) is 19.8 Å². The average Bonchev–Trinajstić information content (AvgIpc) is 2.94. The van der Waals surface area contributed by atoms with Crippen LogP contribution >= 0.6 is 15.9 Å². The third kappa shape index (κ3) is 3.68. The molecule has 0 saturated carbocycles. The van der Waals surface area contributed by atoms with Gasteiger partial charge in [-0.2, -0.15) is 0 Å². The highest BCUT2D eigenvalue weighted by Gasteiger charge is 2.39. The molecule has 0 radical (unpaired) electrons. The molecular formula is C16H21BrN2O3.